The fraction of sp³-hybridized carbons (Fsp3) is 0.250. The topological polar surface area (TPSA) is 32.3 Å². The van der Waals surface area contributed by atoms with Crippen molar-refractivity contribution in [3.8, 4) is 0 Å². The van der Waals surface area contributed by atoms with Gasteiger partial charge in [-0.15, -0.1) is 0 Å². The van der Waals surface area contributed by atoms with Crippen molar-refractivity contribution < 1.29 is 18.3 Å². The summed E-state index contributed by atoms with van der Waals surface area (Å²) in [4.78, 5) is 0. The highest BCUT2D eigenvalue weighted by Gasteiger charge is 2.32. The Morgan fingerprint density at radius 3 is 2.33 bits per heavy atom. The maximum Gasteiger partial charge on any atom is 0.391 e. The molecule has 1 atom stereocenters. The highest BCUT2D eigenvalue weighted by atomic mass is 19.4. The molecule has 112 valence electrons. The molecular formula is C16H16F3NO. The van der Waals surface area contributed by atoms with E-state index in [1.807, 2.05) is 0 Å². The van der Waals surface area contributed by atoms with E-state index >= 15 is 0 Å². The van der Waals surface area contributed by atoms with Crippen LogP contribution in [0.15, 0.2) is 54.6 Å². The van der Waals surface area contributed by atoms with Gasteiger partial charge in [0.25, 0.3) is 0 Å². The Labute approximate surface area is 121 Å². The van der Waals surface area contributed by atoms with E-state index in [4.69, 9.17) is 5.11 Å². The van der Waals surface area contributed by atoms with E-state index in [-0.39, 0.29) is 6.61 Å². The first-order valence-corrected chi connectivity index (χ1v) is 6.56. The number of aliphatic hydroxyl groups is 1. The second kappa shape index (κ2) is 6.63. The van der Waals surface area contributed by atoms with Crippen molar-refractivity contribution in [1.82, 2.24) is 0 Å². The summed E-state index contributed by atoms with van der Waals surface area (Å²) in [6.45, 7) is -0.148. The summed E-state index contributed by atoms with van der Waals surface area (Å²) < 4.78 is 38.3. The van der Waals surface area contributed by atoms with Crippen molar-refractivity contribution in [1.29, 1.82) is 0 Å². The van der Waals surface area contributed by atoms with E-state index in [9.17, 15) is 13.2 Å². The second-order valence-electron chi connectivity index (χ2n) is 4.79. The molecule has 0 aliphatic heterocycles. The van der Waals surface area contributed by atoms with Crippen molar-refractivity contribution in [2.45, 2.75) is 25.2 Å². The van der Waals surface area contributed by atoms with Gasteiger partial charge in [0.05, 0.1) is 19.1 Å². The monoisotopic (exact) mass is 295 g/mol. The summed E-state index contributed by atoms with van der Waals surface area (Å²) in [7, 11) is 0. The molecule has 0 heterocycles. The zero-order chi connectivity index (χ0) is 15.3. The molecule has 0 aromatic heterocycles. The molecule has 0 bridgehead atoms. The fourth-order valence-corrected chi connectivity index (χ4v) is 2.13. The summed E-state index contributed by atoms with van der Waals surface area (Å²) in [6.07, 6.45) is -5.22. The van der Waals surface area contributed by atoms with Crippen LogP contribution in [0.4, 0.5) is 18.9 Å². The lowest BCUT2D eigenvalue weighted by Crippen LogP contribution is -2.20. The van der Waals surface area contributed by atoms with Crippen molar-refractivity contribution in [3.05, 3.63) is 65.7 Å². The minimum absolute atomic E-state index is 0.148. The van der Waals surface area contributed by atoms with E-state index in [0.717, 1.165) is 0 Å². The van der Waals surface area contributed by atoms with E-state index in [2.05, 4.69) is 5.32 Å². The molecule has 0 saturated heterocycles. The van der Waals surface area contributed by atoms with Crippen LogP contribution in [0.25, 0.3) is 0 Å². The van der Waals surface area contributed by atoms with Crippen LogP contribution < -0.4 is 5.32 Å². The number of hydrogen-bond donors (Lipinski definition) is 2. The standard InChI is InChI=1S/C16H16F3NO/c17-16(18,19)10-15(13-6-2-1-3-7-13)20-14-8-4-5-12(9-14)11-21/h1-9,15,20-21H,10-11H2. The Balaban J connectivity index is 2.23. The average molecular weight is 295 g/mol. The Bertz CT molecular complexity index is 569. The molecule has 21 heavy (non-hydrogen) atoms. The Kier molecular flexibility index (Phi) is 4.85. The molecule has 0 radical (unpaired) electrons. The highest BCUT2D eigenvalue weighted by Crippen LogP contribution is 2.32. The van der Waals surface area contributed by atoms with Gasteiger partial charge >= 0.3 is 6.18 Å². The van der Waals surface area contributed by atoms with E-state index in [0.29, 0.717) is 16.8 Å². The third-order valence-electron chi connectivity index (χ3n) is 3.09. The third-order valence-corrected chi connectivity index (χ3v) is 3.09. The predicted molar refractivity (Wildman–Crippen MR) is 75.8 cm³/mol. The molecule has 2 rings (SSSR count). The number of rotatable bonds is 5. The van der Waals surface area contributed by atoms with E-state index < -0.39 is 18.6 Å². The maximum atomic E-state index is 12.8. The molecule has 2 aromatic rings. The first-order chi connectivity index (χ1) is 9.98. The van der Waals surface area contributed by atoms with Crippen LogP contribution >= 0.6 is 0 Å². The molecule has 0 aliphatic carbocycles. The molecule has 2 nitrogen and oxygen atoms in total. The molecule has 0 saturated carbocycles. The van der Waals surface area contributed by atoms with Crippen molar-refractivity contribution in [3.63, 3.8) is 0 Å². The number of aliphatic hydroxyl groups excluding tert-OH is 1. The molecule has 2 N–H and O–H groups in total. The Morgan fingerprint density at radius 1 is 1.00 bits per heavy atom. The lowest BCUT2D eigenvalue weighted by Gasteiger charge is -2.22. The molecule has 1 unspecified atom stereocenters. The van der Waals surface area contributed by atoms with Crippen LogP contribution in [0.1, 0.15) is 23.6 Å². The van der Waals surface area contributed by atoms with Crippen LogP contribution in [0.3, 0.4) is 0 Å². The van der Waals surface area contributed by atoms with Crippen LogP contribution in [0.5, 0.6) is 0 Å². The molecule has 0 spiro atoms. The normalized spacial score (nSPS) is 13.0. The van der Waals surface area contributed by atoms with Gasteiger partial charge in [0.2, 0.25) is 0 Å². The zero-order valence-corrected chi connectivity index (χ0v) is 11.3. The fourth-order valence-electron chi connectivity index (χ4n) is 2.13. The third kappa shape index (κ3) is 4.79. The van der Waals surface area contributed by atoms with Gasteiger partial charge < -0.3 is 10.4 Å². The van der Waals surface area contributed by atoms with Crippen LogP contribution in [0, 0.1) is 0 Å². The molecule has 0 fully saturated rings. The van der Waals surface area contributed by atoms with Gasteiger partial charge in [-0.2, -0.15) is 13.2 Å². The average Bonchev–Trinajstić information content (AvgIpc) is 2.46. The van der Waals surface area contributed by atoms with Gasteiger partial charge in [-0.3, -0.25) is 0 Å². The predicted octanol–water partition coefficient (Wildman–Crippen LogP) is 4.28. The second-order valence-corrected chi connectivity index (χ2v) is 4.79. The highest BCUT2D eigenvalue weighted by molar-refractivity contribution is 5.47. The summed E-state index contributed by atoms with van der Waals surface area (Å²) in [5.41, 5.74) is 1.78. The largest absolute Gasteiger partial charge is 0.392 e. The number of nitrogens with one attached hydrogen (secondary N) is 1. The summed E-state index contributed by atoms with van der Waals surface area (Å²) in [5.74, 6) is 0. The number of alkyl halides is 3. The first-order valence-electron chi connectivity index (χ1n) is 6.56. The summed E-state index contributed by atoms with van der Waals surface area (Å²) in [6, 6.07) is 14.4. The van der Waals surface area contributed by atoms with E-state index in [1.54, 1.807) is 54.6 Å². The van der Waals surface area contributed by atoms with Crippen LogP contribution in [-0.4, -0.2) is 11.3 Å². The van der Waals surface area contributed by atoms with Gasteiger partial charge in [-0.25, -0.2) is 0 Å². The number of halogens is 3. The summed E-state index contributed by atoms with van der Waals surface area (Å²) >= 11 is 0. The van der Waals surface area contributed by atoms with Gasteiger partial charge in [-0.1, -0.05) is 42.5 Å². The molecular weight excluding hydrogens is 279 g/mol. The van der Waals surface area contributed by atoms with Gasteiger partial charge in [0.15, 0.2) is 0 Å². The lowest BCUT2D eigenvalue weighted by molar-refractivity contribution is -0.137. The number of anilines is 1. The molecule has 2 aromatic carbocycles. The molecule has 0 amide bonds. The lowest BCUT2D eigenvalue weighted by atomic mass is 10.0. The van der Waals surface area contributed by atoms with E-state index in [1.165, 1.54) is 0 Å². The van der Waals surface area contributed by atoms with Gasteiger partial charge in [0, 0.05) is 5.69 Å². The van der Waals surface area contributed by atoms with Crippen LogP contribution in [0.2, 0.25) is 0 Å². The quantitative estimate of drug-likeness (QED) is 0.862. The van der Waals surface area contributed by atoms with Crippen molar-refractivity contribution in [2.75, 3.05) is 5.32 Å². The van der Waals surface area contributed by atoms with Crippen molar-refractivity contribution in [2.24, 2.45) is 0 Å². The smallest absolute Gasteiger partial charge is 0.391 e. The minimum Gasteiger partial charge on any atom is -0.392 e. The molecule has 0 aliphatic rings. The minimum atomic E-state index is -4.26. The zero-order valence-electron chi connectivity index (χ0n) is 11.3. The Hall–Kier alpha value is -2.01. The Morgan fingerprint density at radius 2 is 1.71 bits per heavy atom. The van der Waals surface area contributed by atoms with Crippen LogP contribution in [-0.2, 0) is 6.61 Å². The molecule has 5 heteroatoms. The van der Waals surface area contributed by atoms with Gasteiger partial charge in [-0.05, 0) is 23.3 Å². The summed E-state index contributed by atoms with van der Waals surface area (Å²) in [5, 5.41) is 12.0. The van der Waals surface area contributed by atoms with Crippen molar-refractivity contribution >= 4 is 5.69 Å². The maximum absolute atomic E-state index is 12.8. The number of benzene rings is 2. The van der Waals surface area contributed by atoms with Gasteiger partial charge in [0.1, 0.15) is 0 Å². The number of hydrogen-bond acceptors (Lipinski definition) is 2. The SMILES string of the molecule is OCc1cccc(NC(CC(F)(F)F)c2ccccc2)c1. The first kappa shape index (κ1) is 15.4.